The van der Waals surface area contributed by atoms with Crippen LogP contribution in [-0.4, -0.2) is 61.7 Å². The molecule has 19 heavy (non-hydrogen) atoms. The molecule has 3 heteroatoms. The number of nitrogens with one attached hydrogen (secondary N) is 1. The van der Waals surface area contributed by atoms with Crippen molar-refractivity contribution in [1.82, 2.24) is 15.1 Å². The Kier molecular flexibility index (Phi) is 6.11. The number of hydrogen-bond donors (Lipinski definition) is 1. The summed E-state index contributed by atoms with van der Waals surface area (Å²) >= 11 is 0. The number of piperidine rings is 2. The Hall–Kier alpha value is -0.120. The van der Waals surface area contributed by atoms with Crippen LogP contribution in [0.15, 0.2) is 0 Å². The van der Waals surface area contributed by atoms with Crippen LogP contribution < -0.4 is 5.32 Å². The predicted molar refractivity (Wildman–Crippen MR) is 82.6 cm³/mol. The van der Waals surface area contributed by atoms with Gasteiger partial charge in [0, 0.05) is 31.7 Å². The van der Waals surface area contributed by atoms with Crippen LogP contribution in [-0.2, 0) is 0 Å². The molecule has 3 nitrogen and oxygen atoms in total. The molecule has 0 saturated carbocycles. The Balaban J connectivity index is 1.69. The predicted octanol–water partition coefficient (Wildman–Crippen LogP) is 2.18. The molecular weight excluding hydrogens is 234 g/mol. The van der Waals surface area contributed by atoms with Crippen LogP contribution in [0.25, 0.3) is 0 Å². The zero-order valence-electron chi connectivity index (χ0n) is 13.2. The highest BCUT2D eigenvalue weighted by atomic mass is 15.2. The van der Waals surface area contributed by atoms with E-state index < -0.39 is 0 Å². The van der Waals surface area contributed by atoms with E-state index in [0.29, 0.717) is 0 Å². The van der Waals surface area contributed by atoms with Crippen molar-refractivity contribution >= 4 is 0 Å². The number of fused-ring (bicyclic) bond motifs is 1. The first kappa shape index (κ1) is 15.3. The molecule has 2 fully saturated rings. The molecule has 0 bridgehead atoms. The Morgan fingerprint density at radius 2 is 1.95 bits per heavy atom. The summed E-state index contributed by atoms with van der Waals surface area (Å²) < 4.78 is 0. The minimum atomic E-state index is 0.721. The third-order valence-electron chi connectivity index (χ3n) is 5.28. The lowest BCUT2D eigenvalue weighted by Crippen LogP contribution is -2.53. The van der Waals surface area contributed by atoms with E-state index in [9.17, 15) is 0 Å². The lowest BCUT2D eigenvalue weighted by molar-refractivity contribution is 0.0388. The summed E-state index contributed by atoms with van der Waals surface area (Å²) in [4.78, 5) is 5.30. The SMILES string of the molecule is CCC(CC)NCCN1CCC2C(CCCN2C)C1. The standard InChI is InChI=1S/C16H33N3/c1-4-15(5-2)17-9-12-19-11-8-16-14(13-19)7-6-10-18(16)3/h14-17H,4-13H2,1-3H3. The van der Waals surface area contributed by atoms with Gasteiger partial charge in [0.25, 0.3) is 0 Å². The molecule has 112 valence electrons. The zero-order valence-corrected chi connectivity index (χ0v) is 13.2. The van der Waals surface area contributed by atoms with Gasteiger partial charge >= 0.3 is 0 Å². The lowest BCUT2D eigenvalue weighted by atomic mass is 9.84. The fourth-order valence-corrected chi connectivity index (χ4v) is 3.94. The van der Waals surface area contributed by atoms with Crippen LogP contribution in [0, 0.1) is 5.92 Å². The number of likely N-dealkylation sites (tertiary alicyclic amines) is 2. The normalized spacial score (nSPS) is 29.7. The van der Waals surface area contributed by atoms with Gasteiger partial charge in [0.05, 0.1) is 0 Å². The molecule has 0 aromatic rings. The van der Waals surface area contributed by atoms with Gasteiger partial charge in [0.1, 0.15) is 0 Å². The van der Waals surface area contributed by atoms with Gasteiger partial charge in [-0.1, -0.05) is 13.8 Å². The largest absolute Gasteiger partial charge is 0.313 e. The third-order valence-corrected chi connectivity index (χ3v) is 5.28. The third kappa shape index (κ3) is 4.17. The molecule has 0 aromatic carbocycles. The second-order valence-corrected chi connectivity index (χ2v) is 6.51. The van der Waals surface area contributed by atoms with Gasteiger partial charge in [-0.05, 0) is 58.2 Å². The van der Waals surface area contributed by atoms with Crippen molar-refractivity contribution in [3.05, 3.63) is 0 Å². The summed E-state index contributed by atoms with van der Waals surface area (Å²) in [5.74, 6) is 0.931. The maximum absolute atomic E-state index is 3.70. The van der Waals surface area contributed by atoms with Gasteiger partial charge in [-0.15, -0.1) is 0 Å². The molecule has 0 aliphatic carbocycles. The monoisotopic (exact) mass is 267 g/mol. The van der Waals surface area contributed by atoms with Crippen molar-refractivity contribution in [2.45, 2.75) is 58.0 Å². The molecule has 2 aliphatic heterocycles. The molecule has 2 rings (SSSR count). The topological polar surface area (TPSA) is 18.5 Å². The van der Waals surface area contributed by atoms with Crippen LogP contribution >= 0.6 is 0 Å². The van der Waals surface area contributed by atoms with Crippen LogP contribution in [0.5, 0.6) is 0 Å². The lowest BCUT2D eigenvalue weighted by Gasteiger charge is -2.46. The van der Waals surface area contributed by atoms with E-state index in [2.05, 4.69) is 36.0 Å². The van der Waals surface area contributed by atoms with Crippen molar-refractivity contribution in [3.63, 3.8) is 0 Å². The fraction of sp³-hybridized carbons (Fsp3) is 1.00. The molecule has 2 heterocycles. The first-order chi connectivity index (χ1) is 9.24. The first-order valence-corrected chi connectivity index (χ1v) is 8.40. The molecule has 0 spiro atoms. The molecular formula is C16H33N3. The quantitative estimate of drug-likeness (QED) is 0.796. The van der Waals surface area contributed by atoms with Gasteiger partial charge in [-0.25, -0.2) is 0 Å². The molecule has 0 aromatic heterocycles. The first-order valence-electron chi connectivity index (χ1n) is 8.40. The number of rotatable bonds is 6. The second-order valence-electron chi connectivity index (χ2n) is 6.51. The van der Waals surface area contributed by atoms with E-state index in [4.69, 9.17) is 0 Å². The van der Waals surface area contributed by atoms with Gasteiger partial charge in [-0.3, -0.25) is 0 Å². The molecule has 2 atom stereocenters. The summed E-state index contributed by atoms with van der Waals surface area (Å²) in [6.45, 7) is 10.9. The Morgan fingerprint density at radius 1 is 1.16 bits per heavy atom. The smallest absolute Gasteiger partial charge is 0.0145 e. The summed E-state index contributed by atoms with van der Waals surface area (Å²) in [7, 11) is 2.32. The average Bonchev–Trinajstić information content (AvgIpc) is 2.44. The van der Waals surface area contributed by atoms with E-state index >= 15 is 0 Å². The highest BCUT2D eigenvalue weighted by molar-refractivity contribution is 4.89. The molecule has 2 unspecified atom stereocenters. The Morgan fingerprint density at radius 3 is 2.68 bits per heavy atom. The molecule has 0 amide bonds. The minimum Gasteiger partial charge on any atom is -0.313 e. The van der Waals surface area contributed by atoms with Gasteiger partial charge in [-0.2, -0.15) is 0 Å². The summed E-state index contributed by atoms with van der Waals surface area (Å²) in [5, 5.41) is 3.70. The fourth-order valence-electron chi connectivity index (χ4n) is 3.94. The number of hydrogen-bond acceptors (Lipinski definition) is 3. The minimum absolute atomic E-state index is 0.721. The van der Waals surface area contributed by atoms with Crippen LogP contribution in [0.1, 0.15) is 46.0 Å². The van der Waals surface area contributed by atoms with E-state index in [1.165, 1.54) is 64.8 Å². The van der Waals surface area contributed by atoms with E-state index in [1.807, 2.05) is 0 Å². The molecule has 2 aliphatic rings. The molecule has 0 radical (unpaired) electrons. The van der Waals surface area contributed by atoms with Gasteiger partial charge in [0.2, 0.25) is 0 Å². The van der Waals surface area contributed by atoms with Crippen LogP contribution in [0.3, 0.4) is 0 Å². The second kappa shape index (κ2) is 7.61. The van der Waals surface area contributed by atoms with E-state index in [-0.39, 0.29) is 0 Å². The van der Waals surface area contributed by atoms with Crippen molar-refractivity contribution in [1.29, 1.82) is 0 Å². The highest BCUT2D eigenvalue weighted by Crippen LogP contribution is 2.29. The van der Waals surface area contributed by atoms with E-state index in [0.717, 1.165) is 18.0 Å². The summed E-state index contributed by atoms with van der Waals surface area (Å²) in [6.07, 6.45) is 6.74. The van der Waals surface area contributed by atoms with Crippen molar-refractivity contribution < 1.29 is 0 Å². The number of nitrogens with zero attached hydrogens (tertiary/aromatic N) is 2. The maximum atomic E-state index is 3.70. The molecule has 1 N–H and O–H groups in total. The van der Waals surface area contributed by atoms with Crippen molar-refractivity contribution in [2.75, 3.05) is 39.8 Å². The van der Waals surface area contributed by atoms with Crippen LogP contribution in [0.4, 0.5) is 0 Å². The van der Waals surface area contributed by atoms with Gasteiger partial charge < -0.3 is 15.1 Å². The van der Waals surface area contributed by atoms with Gasteiger partial charge in [0.15, 0.2) is 0 Å². The van der Waals surface area contributed by atoms with Crippen LogP contribution in [0.2, 0.25) is 0 Å². The Labute approximate surface area is 119 Å². The summed E-state index contributed by atoms with van der Waals surface area (Å²) in [5.41, 5.74) is 0. The van der Waals surface area contributed by atoms with E-state index in [1.54, 1.807) is 0 Å². The zero-order chi connectivity index (χ0) is 13.7. The average molecular weight is 267 g/mol. The summed E-state index contributed by atoms with van der Waals surface area (Å²) in [6, 6.07) is 1.59. The molecule has 2 saturated heterocycles. The van der Waals surface area contributed by atoms with Crippen molar-refractivity contribution in [2.24, 2.45) is 5.92 Å². The van der Waals surface area contributed by atoms with Crippen molar-refractivity contribution in [3.8, 4) is 0 Å². The highest BCUT2D eigenvalue weighted by Gasteiger charge is 2.33. The maximum Gasteiger partial charge on any atom is 0.0145 e. The Bertz CT molecular complexity index is 252.